The molecule has 0 atom stereocenters. The van der Waals surface area contributed by atoms with Gasteiger partial charge in [-0.25, -0.2) is 0 Å². The molecule has 5 rings (SSSR count). The summed E-state index contributed by atoms with van der Waals surface area (Å²) < 4.78 is 42.1. The van der Waals surface area contributed by atoms with Gasteiger partial charge in [0.05, 0.1) is 16.8 Å². The van der Waals surface area contributed by atoms with Crippen molar-refractivity contribution < 1.29 is 13.2 Å². The summed E-state index contributed by atoms with van der Waals surface area (Å²) in [5.41, 5.74) is 4.64. The molecule has 1 N–H and O–H groups in total. The van der Waals surface area contributed by atoms with Crippen LogP contribution in [0.4, 0.5) is 13.2 Å². The molecule has 1 aliphatic rings. The zero-order chi connectivity index (χ0) is 21.8. The molecule has 4 aromatic rings. The minimum atomic E-state index is -4.38. The molecule has 0 saturated heterocycles. The molecule has 2 aromatic heterocycles. The Morgan fingerprint density at radius 3 is 2.33 bits per heavy atom. The minimum Gasteiger partial charge on any atom is -0.346 e. The van der Waals surface area contributed by atoms with E-state index in [1.165, 1.54) is 34.8 Å². The number of alkyl halides is 3. The molecule has 4 nitrogen and oxygen atoms in total. The first-order chi connectivity index (χ1) is 14.8. The Hall–Kier alpha value is -2.74. The Kier molecular flexibility index (Phi) is 6.98. The molecular formula is C24H22Cl2F3N3O. The third-order valence-electron chi connectivity index (χ3n) is 6.01. The van der Waals surface area contributed by atoms with Crippen LogP contribution in [0.1, 0.15) is 16.8 Å². The Labute approximate surface area is 200 Å². The third kappa shape index (κ3) is 4.40. The van der Waals surface area contributed by atoms with E-state index in [0.717, 1.165) is 42.8 Å². The lowest BCUT2D eigenvalue weighted by atomic mass is 10.0. The molecule has 3 heterocycles. The highest BCUT2D eigenvalue weighted by atomic mass is 35.5. The molecule has 2 aromatic carbocycles. The summed E-state index contributed by atoms with van der Waals surface area (Å²) >= 11 is 0. The topological polar surface area (TPSA) is 39.0 Å². The van der Waals surface area contributed by atoms with Crippen molar-refractivity contribution in [3.8, 4) is 16.8 Å². The van der Waals surface area contributed by atoms with Gasteiger partial charge in [0.1, 0.15) is 0 Å². The molecule has 174 valence electrons. The summed E-state index contributed by atoms with van der Waals surface area (Å²) in [6, 6.07) is 14.0. The first-order valence-corrected chi connectivity index (χ1v) is 10.0. The van der Waals surface area contributed by atoms with Crippen LogP contribution < -0.4 is 10.9 Å². The lowest BCUT2D eigenvalue weighted by Crippen LogP contribution is -2.24. The number of halogens is 5. The molecule has 0 unspecified atom stereocenters. The predicted molar refractivity (Wildman–Crippen MR) is 129 cm³/mol. The van der Waals surface area contributed by atoms with E-state index in [0.29, 0.717) is 11.1 Å². The lowest BCUT2D eigenvalue weighted by Gasteiger charge is -2.14. The largest absolute Gasteiger partial charge is 0.416 e. The van der Waals surface area contributed by atoms with Crippen LogP contribution in [0.25, 0.3) is 27.7 Å². The SMILES string of the molecule is Cl.Cl.Cn1c2c(c3ccc(-n4ccc(-c5ccc(C(F)(F)F)cc5)cc4=O)cc31)CCNC2. The van der Waals surface area contributed by atoms with Gasteiger partial charge in [-0.05, 0) is 60.0 Å². The maximum absolute atomic E-state index is 12.8. The minimum absolute atomic E-state index is 0. The lowest BCUT2D eigenvalue weighted by molar-refractivity contribution is -0.137. The fourth-order valence-electron chi connectivity index (χ4n) is 4.35. The summed E-state index contributed by atoms with van der Waals surface area (Å²) in [6.07, 6.45) is -1.73. The second-order valence-corrected chi connectivity index (χ2v) is 7.81. The van der Waals surface area contributed by atoms with E-state index in [9.17, 15) is 18.0 Å². The average Bonchev–Trinajstić information content (AvgIpc) is 3.05. The molecule has 0 fully saturated rings. The van der Waals surface area contributed by atoms with Crippen molar-refractivity contribution in [1.82, 2.24) is 14.5 Å². The van der Waals surface area contributed by atoms with E-state index in [1.54, 1.807) is 16.8 Å². The third-order valence-corrected chi connectivity index (χ3v) is 6.01. The van der Waals surface area contributed by atoms with E-state index in [2.05, 4.69) is 16.0 Å². The normalized spacial score (nSPS) is 13.2. The summed E-state index contributed by atoms with van der Waals surface area (Å²) in [6.45, 7) is 1.79. The summed E-state index contributed by atoms with van der Waals surface area (Å²) in [5, 5.41) is 4.60. The van der Waals surface area contributed by atoms with E-state index in [1.807, 2.05) is 19.2 Å². The smallest absolute Gasteiger partial charge is 0.346 e. The van der Waals surface area contributed by atoms with Crippen LogP contribution in [-0.2, 0) is 26.2 Å². The number of hydrogen-bond donors (Lipinski definition) is 1. The molecule has 0 saturated carbocycles. The number of aromatic nitrogens is 2. The fourth-order valence-corrected chi connectivity index (χ4v) is 4.35. The zero-order valence-corrected chi connectivity index (χ0v) is 19.3. The standard InChI is InChI=1S/C24H20F3N3O.2ClH/c1-29-21-13-18(6-7-19(21)20-8-10-28-14-22(20)29)30-11-9-16(12-23(30)31)15-2-4-17(5-3-15)24(25,26)27;;/h2-7,9,11-13,28H,8,10,14H2,1H3;2*1H. The van der Waals surface area contributed by atoms with Crippen LogP contribution in [0.2, 0.25) is 0 Å². The van der Waals surface area contributed by atoms with Gasteiger partial charge >= 0.3 is 6.18 Å². The van der Waals surface area contributed by atoms with Crippen LogP contribution in [0.3, 0.4) is 0 Å². The second-order valence-electron chi connectivity index (χ2n) is 7.81. The summed E-state index contributed by atoms with van der Waals surface area (Å²) in [5.74, 6) is 0. The highest BCUT2D eigenvalue weighted by Gasteiger charge is 2.30. The quantitative estimate of drug-likeness (QED) is 0.398. The van der Waals surface area contributed by atoms with Crippen molar-refractivity contribution >= 4 is 35.7 Å². The Bertz CT molecular complexity index is 1360. The number of nitrogens with one attached hydrogen (secondary N) is 1. The van der Waals surface area contributed by atoms with Crippen LogP contribution >= 0.6 is 24.8 Å². The first-order valence-electron chi connectivity index (χ1n) is 10.0. The maximum Gasteiger partial charge on any atom is 0.416 e. The van der Waals surface area contributed by atoms with E-state index < -0.39 is 11.7 Å². The number of benzene rings is 2. The molecular weight excluding hydrogens is 474 g/mol. The highest BCUT2D eigenvalue weighted by Crippen LogP contribution is 2.31. The monoisotopic (exact) mass is 495 g/mol. The van der Waals surface area contributed by atoms with Crippen molar-refractivity contribution in [2.24, 2.45) is 7.05 Å². The van der Waals surface area contributed by atoms with E-state index in [4.69, 9.17) is 0 Å². The molecule has 1 aliphatic heterocycles. The average molecular weight is 496 g/mol. The van der Waals surface area contributed by atoms with Gasteiger partial charge in [-0.15, -0.1) is 24.8 Å². The Balaban J connectivity index is 0.00000153. The van der Waals surface area contributed by atoms with Gasteiger partial charge in [0, 0.05) is 36.9 Å². The number of rotatable bonds is 2. The van der Waals surface area contributed by atoms with Crippen molar-refractivity contribution in [3.05, 3.63) is 88.0 Å². The zero-order valence-electron chi connectivity index (χ0n) is 17.6. The van der Waals surface area contributed by atoms with Gasteiger partial charge in [0.2, 0.25) is 0 Å². The molecule has 33 heavy (non-hydrogen) atoms. The number of aryl methyl sites for hydroxylation is 1. The van der Waals surface area contributed by atoms with Crippen molar-refractivity contribution in [1.29, 1.82) is 0 Å². The van der Waals surface area contributed by atoms with E-state index >= 15 is 0 Å². The van der Waals surface area contributed by atoms with Gasteiger partial charge in [-0.2, -0.15) is 13.2 Å². The maximum atomic E-state index is 12.8. The number of pyridine rings is 1. The number of nitrogens with zero attached hydrogens (tertiary/aromatic N) is 2. The summed E-state index contributed by atoms with van der Waals surface area (Å²) in [4.78, 5) is 12.8. The predicted octanol–water partition coefficient (Wildman–Crippen LogP) is 5.50. The Morgan fingerprint density at radius 2 is 1.67 bits per heavy atom. The second kappa shape index (κ2) is 9.25. The van der Waals surface area contributed by atoms with Gasteiger partial charge in [-0.3, -0.25) is 9.36 Å². The van der Waals surface area contributed by atoms with Gasteiger partial charge in [0.25, 0.3) is 5.56 Å². The summed E-state index contributed by atoms with van der Waals surface area (Å²) in [7, 11) is 2.04. The molecule has 0 amide bonds. The van der Waals surface area contributed by atoms with Crippen molar-refractivity contribution in [2.45, 2.75) is 19.1 Å². The molecule has 9 heteroatoms. The van der Waals surface area contributed by atoms with Crippen LogP contribution in [0.5, 0.6) is 0 Å². The van der Waals surface area contributed by atoms with Crippen molar-refractivity contribution in [2.75, 3.05) is 6.54 Å². The van der Waals surface area contributed by atoms with Gasteiger partial charge in [-0.1, -0.05) is 18.2 Å². The van der Waals surface area contributed by atoms with E-state index in [-0.39, 0.29) is 30.4 Å². The first kappa shape index (κ1) is 24.9. The number of fused-ring (bicyclic) bond motifs is 3. The molecule has 0 radical (unpaired) electrons. The molecule has 0 bridgehead atoms. The van der Waals surface area contributed by atoms with Crippen LogP contribution in [0, 0.1) is 0 Å². The van der Waals surface area contributed by atoms with Crippen LogP contribution in [-0.4, -0.2) is 15.7 Å². The number of hydrogen-bond acceptors (Lipinski definition) is 2. The fraction of sp³-hybridized carbons (Fsp3) is 0.208. The van der Waals surface area contributed by atoms with Crippen LogP contribution in [0.15, 0.2) is 65.6 Å². The molecule has 0 aliphatic carbocycles. The van der Waals surface area contributed by atoms with Crippen molar-refractivity contribution in [3.63, 3.8) is 0 Å². The molecule has 0 spiro atoms. The van der Waals surface area contributed by atoms with Gasteiger partial charge in [0.15, 0.2) is 0 Å². The van der Waals surface area contributed by atoms with Gasteiger partial charge < -0.3 is 9.88 Å². The highest BCUT2D eigenvalue weighted by molar-refractivity contribution is 5.87. The Morgan fingerprint density at radius 1 is 0.939 bits per heavy atom.